The molecule has 3 aromatic rings. The molecule has 0 bridgehead atoms. The predicted octanol–water partition coefficient (Wildman–Crippen LogP) is 4.48. The summed E-state index contributed by atoms with van der Waals surface area (Å²) < 4.78 is 29.0. The smallest absolute Gasteiger partial charge is 0.268 e. The number of aromatic nitrogens is 2. The Labute approximate surface area is 177 Å². The van der Waals surface area contributed by atoms with E-state index in [-0.39, 0.29) is 5.91 Å². The number of benzene rings is 2. The van der Waals surface area contributed by atoms with Gasteiger partial charge in [-0.1, -0.05) is 12.6 Å². The Morgan fingerprint density at radius 2 is 2.03 bits per heavy atom. The molecule has 156 valence electrons. The van der Waals surface area contributed by atoms with Crippen LogP contribution in [0.5, 0.6) is 0 Å². The lowest BCUT2D eigenvalue weighted by molar-refractivity contribution is -0.129. The van der Waals surface area contributed by atoms with Gasteiger partial charge in [-0.15, -0.1) is 0 Å². The van der Waals surface area contributed by atoms with Crippen LogP contribution in [0.3, 0.4) is 0 Å². The molecule has 8 heteroatoms. The summed E-state index contributed by atoms with van der Waals surface area (Å²) in [7, 11) is 0. The molecule has 0 fully saturated rings. The zero-order valence-electron chi connectivity index (χ0n) is 16.6. The molecular weight excluding hydrogens is 400 g/mol. The van der Waals surface area contributed by atoms with Crippen molar-refractivity contribution < 1.29 is 13.6 Å². The molecule has 1 aliphatic heterocycles. The highest BCUT2D eigenvalue weighted by Gasteiger charge is 2.30. The second-order valence-electron chi connectivity index (χ2n) is 7.33. The van der Waals surface area contributed by atoms with Gasteiger partial charge >= 0.3 is 0 Å². The number of nitrogens with zero attached hydrogens (tertiary/aromatic N) is 5. The van der Waals surface area contributed by atoms with Gasteiger partial charge in [0.1, 0.15) is 11.6 Å². The molecule has 0 saturated carbocycles. The van der Waals surface area contributed by atoms with Crippen molar-refractivity contribution in [3.63, 3.8) is 0 Å². The molecule has 1 amide bonds. The summed E-state index contributed by atoms with van der Waals surface area (Å²) in [6.45, 7) is 4.43. The summed E-state index contributed by atoms with van der Waals surface area (Å²) in [6.07, 6.45) is 4.61. The lowest BCUT2D eigenvalue weighted by atomic mass is 10.0. The van der Waals surface area contributed by atoms with Crippen LogP contribution in [0.25, 0.3) is 10.9 Å². The lowest BCUT2D eigenvalue weighted by Gasteiger charge is -2.23. The molecular formula is C23H19F2N5O. The molecule has 2 heterocycles. The summed E-state index contributed by atoms with van der Waals surface area (Å²) in [5.74, 6) is -1.77. The normalized spacial score (nSPS) is 15.4. The van der Waals surface area contributed by atoms with Crippen molar-refractivity contribution >= 4 is 23.0 Å². The third-order valence-electron chi connectivity index (χ3n) is 5.27. The van der Waals surface area contributed by atoms with E-state index in [2.05, 4.69) is 22.8 Å². The molecule has 1 aliphatic rings. The lowest BCUT2D eigenvalue weighted by Crippen LogP contribution is -2.28. The number of hydrogen-bond acceptors (Lipinski definition) is 4. The third-order valence-corrected chi connectivity index (χ3v) is 5.27. The van der Waals surface area contributed by atoms with Gasteiger partial charge in [-0.25, -0.2) is 13.8 Å². The van der Waals surface area contributed by atoms with Crippen LogP contribution in [0, 0.1) is 23.0 Å². The van der Waals surface area contributed by atoms with Crippen LogP contribution in [-0.4, -0.2) is 26.9 Å². The highest BCUT2D eigenvalue weighted by atomic mass is 19.1. The van der Waals surface area contributed by atoms with E-state index in [9.17, 15) is 18.8 Å². The Morgan fingerprint density at radius 3 is 2.77 bits per heavy atom. The van der Waals surface area contributed by atoms with Crippen LogP contribution in [0.2, 0.25) is 0 Å². The maximum absolute atomic E-state index is 13.6. The molecule has 1 aromatic heterocycles. The number of aryl methyl sites for hydroxylation is 1. The van der Waals surface area contributed by atoms with E-state index in [4.69, 9.17) is 0 Å². The molecule has 0 aliphatic carbocycles. The molecule has 6 nitrogen and oxygen atoms in total. The predicted molar refractivity (Wildman–Crippen MR) is 112 cm³/mol. The fourth-order valence-corrected chi connectivity index (χ4v) is 3.74. The maximum atomic E-state index is 13.6. The fourth-order valence-electron chi connectivity index (χ4n) is 3.74. The first-order chi connectivity index (χ1) is 15.0. The zero-order valence-corrected chi connectivity index (χ0v) is 16.6. The van der Waals surface area contributed by atoms with Gasteiger partial charge < -0.3 is 0 Å². The monoisotopic (exact) mass is 419 g/mol. The minimum absolute atomic E-state index is 0.354. The first-order valence-corrected chi connectivity index (χ1v) is 9.82. The van der Waals surface area contributed by atoms with E-state index in [1.807, 2.05) is 12.1 Å². The summed E-state index contributed by atoms with van der Waals surface area (Å²) in [5.41, 5.74) is 2.13. The van der Waals surface area contributed by atoms with Crippen LogP contribution in [0.4, 0.5) is 8.78 Å². The van der Waals surface area contributed by atoms with E-state index in [1.165, 1.54) is 17.1 Å². The van der Waals surface area contributed by atoms with Crippen LogP contribution >= 0.6 is 0 Å². The molecule has 0 saturated heterocycles. The molecule has 1 unspecified atom stereocenters. The average Bonchev–Trinajstić information content (AvgIpc) is 3.40. The minimum atomic E-state index is -0.695. The van der Waals surface area contributed by atoms with E-state index >= 15 is 0 Å². The van der Waals surface area contributed by atoms with Crippen LogP contribution in [-0.2, 0) is 11.3 Å². The van der Waals surface area contributed by atoms with Gasteiger partial charge in [0.25, 0.3) is 5.91 Å². The quantitative estimate of drug-likeness (QED) is 0.553. The number of fused-ring (bicyclic) bond motifs is 1. The standard InChI is InChI=1S/C23H19F2N5O/c1-15(4-3-9-29-22-6-2-5-16(13-26)20(22)14-28-29)23(31)30-21(7-8-27-30)17-10-18(24)12-19(25)11-17/h2,5-6,8,10-12,14,21H,1,3-4,7,9H2. The zero-order chi connectivity index (χ0) is 22.0. The van der Waals surface area contributed by atoms with Crippen molar-refractivity contribution in [3.05, 3.63) is 77.5 Å². The third kappa shape index (κ3) is 4.08. The van der Waals surface area contributed by atoms with Gasteiger partial charge in [-0.3, -0.25) is 9.48 Å². The summed E-state index contributed by atoms with van der Waals surface area (Å²) in [6, 6.07) is 10.3. The van der Waals surface area contributed by atoms with Gasteiger partial charge in [-0.05, 0) is 42.7 Å². The number of hydrazone groups is 1. The van der Waals surface area contributed by atoms with Crippen LogP contribution in [0.1, 0.15) is 36.4 Å². The van der Waals surface area contributed by atoms with Crippen molar-refractivity contribution in [1.29, 1.82) is 5.26 Å². The number of amides is 1. The van der Waals surface area contributed by atoms with Crippen molar-refractivity contribution in [2.75, 3.05) is 0 Å². The molecule has 0 N–H and O–H groups in total. The Morgan fingerprint density at radius 1 is 1.26 bits per heavy atom. The number of rotatable bonds is 6. The Bertz CT molecular complexity index is 1220. The number of halogens is 2. The second kappa shape index (κ2) is 8.48. The van der Waals surface area contributed by atoms with Gasteiger partial charge in [0.05, 0.1) is 29.4 Å². The molecule has 0 spiro atoms. The average molecular weight is 419 g/mol. The van der Waals surface area contributed by atoms with Crippen molar-refractivity contribution in [2.24, 2.45) is 5.10 Å². The maximum Gasteiger partial charge on any atom is 0.269 e. The first kappa shape index (κ1) is 20.4. The van der Waals surface area contributed by atoms with E-state index in [0.29, 0.717) is 42.5 Å². The highest BCUT2D eigenvalue weighted by Crippen LogP contribution is 2.31. The van der Waals surface area contributed by atoms with E-state index < -0.39 is 17.7 Å². The molecule has 2 aromatic carbocycles. The minimum Gasteiger partial charge on any atom is -0.268 e. The van der Waals surface area contributed by atoms with Crippen LogP contribution in [0.15, 0.2) is 59.8 Å². The summed E-state index contributed by atoms with van der Waals surface area (Å²) in [4.78, 5) is 12.9. The Hall–Kier alpha value is -3.86. The number of carbonyl (C=O) groups is 1. The molecule has 1 atom stereocenters. The summed E-state index contributed by atoms with van der Waals surface area (Å²) >= 11 is 0. The Kier molecular flexibility index (Phi) is 5.58. The number of carbonyl (C=O) groups excluding carboxylic acids is 1. The Balaban J connectivity index is 1.40. The topological polar surface area (TPSA) is 74.3 Å². The van der Waals surface area contributed by atoms with Crippen molar-refractivity contribution in [3.8, 4) is 6.07 Å². The van der Waals surface area contributed by atoms with Gasteiger partial charge in [0.15, 0.2) is 0 Å². The largest absolute Gasteiger partial charge is 0.269 e. The van der Waals surface area contributed by atoms with E-state index in [0.717, 1.165) is 17.0 Å². The number of nitriles is 1. The first-order valence-electron chi connectivity index (χ1n) is 9.82. The van der Waals surface area contributed by atoms with Crippen LogP contribution < -0.4 is 0 Å². The summed E-state index contributed by atoms with van der Waals surface area (Å²) in [5, 5.41) is 19.7. The molecule has 0 radical (unpaired) electrons. The molecule has 4 rings (SSSR count). The highest BCUT2D eigenvalue weighted by molar-refractivity contribution is 5.94. The second-order valence-corrected chi connectivity index (χ2v) is 7.33. The molecule has 31 heavy (non-hydrogen) atoms. The van der Waals surface area contributed by atoms with E-state index in [1.54, 1.807) is 23.2 Å². The fraction of sp³-hybridized carbons (Fsp3) is 0.217. The van der Waals surface area contributed by atoms with Crippen molar-refractivity contribution in [1.82, 2.24) is 14.8 Å². The van der Waals surface area contributed by atoms with Gasteiger partial charge in [0, 0.05) is 36.2 Å². The number of hydrogen-bond donors (Lipinski definition) is 0. The van der Waals surface area contributed by atoms with Gasteiger partial charge in [-0.2, -0.15) is 15.5 Å². The van der Waals surface area contributed by atoms with Crippen molar-refractivity contribution in [2.45, 2.75) is 31.8 Å². The van der Waals surface area contributed by atoms with Gasteiger partial charge in [0.2, 0.25) is 0 Å². The SMILES string of the molecule is C=C(CCCn1ncc2c(C#N)cccc21)C(=O)N1N=CCC1c1cc(F)cc(F)c1.